The summed E-state index contributed by atoms with van der Waals surface area (Å²) in [4.78, 5) is 17.7. The topological polar surface area (TPSA) is 72.3 Å². The summed E-state index contributed by atoms with van der Waals surface area (Å²) in [5.41, 5.74) is 2.07. The number of nitrogens with zero attached hydrogens (tertiary/aromatic N) is 4. The molecule has 1 fully saturated rings. The Balaban J connectivity index is 1.73. The molecule has 2 aromatic heterocycles. The van der Waals surface area contributed by atoms with Crippen LogP contribution in [0.1, 0.15) is 5.69 Å². The Hall–Kier alpha value is -3.40. The van der Waals surface area contributed by atoms with Crippen molar-refractivity contribution in [2.24, 2.45) is 0 Å². The van der Waals surface area contributed by atoms with Crippen LogP contribution >= 0.6 is 0 Å². The number of amides is 1. The number of aromatic nitrogens is 3. The maximum absolute atomic E-state index is 14.1. The van der Waals surface area contributed by atoms with Gasteiger partial charge in [-0.25, -0.2) is 9.07 Å². The van der Waals surface area contributed by atoms with Gasteiger partial charge in [0.2, 0.25) is 5.91 Å². The first-order valence-corrected chi connectivity index (χ1v) is 9.22. The average Bonchev–Trinajstić information content (AvgIpc) is 3.11. The Morgan fingerprint density at radius 3 is 2.83 bits per heavy atom. The van der Waals surface area contributed by atoms with Crippen molar-refractivity contribution in [2.75, 3.05) is 19.6 Å². The van der Waals surface area contributed by atoms with E-state index in [2.05, 4.69) is 20.1 Å². The van der Waals surface area contributed by atoms with Gasteiger partial charge in [0.05, 0.1) is 29.8 Å². The fourth-order valence-electron chi connectivity index (χ4n) is 3.33. The number of nitrogens with one attached hydrogen (secondary N) is 1. The van der Waals surface area contributed by atoms with Crippen LogP contribution in [-0.4, -0.2) is 51.8 Å². The lowest BCUT2D eigenvalue weighted by Gasteiger charge is -2.25. The van der Waals surface area contributed by atoms with Crippen molar-refractivity contribution in [1.29, 1.82) is 0 Å². The van der Waals surface area contributed by atoms with Crippen molar-refractivity contribution in [1.82, 2.24) is 25.0 Å². The number of pyridine rings is 1. The molecule has 1 saturated heterocycles. The van der Waals surface area contributed by atoms with Crippen LogP contribution in [0.5, 0.6) is 5.75 Å². The second-order valence-corrected chi connectivity index (χ2v) is 6.76. The molecule has 0 saturated carbocycles. The minimum absolute atomic E-state index is 0.0629. The third-order valence-corrected chi connectivity index (χ3v) is 4.55. The van der Waals surface area contributed by atoms with Crippen LogP contribution in [0.2, 0.25) is 0 Å². The molecule has 1 aliphatic rings. The Morgan fingerprint density at radius 2 is 2.10 bits per heavy atom. The number of piperazine rings is 1. The molecular weight excluding hydrogens is 399 g/mol. The van der Waals surface area contributed by atoms with Crippen LogP contribution in [0.25, 0.3) is 16.9 Å². The lowest BCUT2D eigenvalue weighted by molar-refractivity contribution is -0.124. The van der Waals surface area contributed by atoms with Gasteiger partial charge in [0, 0.05) is 37.5 Å². The molecular formula is C20H18F3N5O2. The first kappa shape index (κ1) is 19.9. The molecule has 3 aromatic rings. The van der Waals surface area contributed by atoms with E-state index in [1.54, 1.807) is 35.3 Å². The molecule has 1 aromatic carbocycles. The molecule has 30 heavy (non-hydrogen) atoms. The summed E-state index contributed by atoms with van der Waals surface area (Å²) in [7, 11) is 0. The van der Waals surface area contributed by atoms with Gasteiger partial charge in [0.25, 0.3) is 0 Å². The zero-order valence-electron chi connectivity index (χ0n) is 15.8. The number of carbonyl (C=O) groups is 1. The van der Waals surface area contributed by atoms with Gasteiger partial charge in [-0.1, -0.05) is 0 Å². The van der Waals surface area contributed by atoms with Gasteiger partial charge in [-0.2, -0.15) is 13.9 Å². The normalized spacial score (nSPS) is 14.7. The maximum Gasteiger partial charge on any atom is 0.387 e. The summed E-state index contributed by atoms with van der Waals surface area (Å²) in [5, 5.41) is 7.35. The summed E-state index contributed by atoms with van der Waals surface area (Å²) in [5.74, 6) is -1.06. The lowest BCUT2D eigenvalue weighted by atomic mass is 10.1. The van der Waals surface area contributed by atoms with E-state index < -0.39 is 12.4 Å². The van der Waals surface area contributed by atoms with Gasteiger partial charge < -0.3 is 10.1 Å². The van der Waals surface area contributed by atoms with Crippen LogP contribution in [0.3, 0.4) is 0 Å². The Labute approximate surface area is 170 Å². The predicted molar refractivity (Wildman–Crippen MR) is 102 cm³/mol. The average molecular weight is 417 g/mol. The molecule has 0 spiro atoms. The molecule has 3 heterocycles. The van der Waals surface area contributed by atoms with Gasteiger partial charge in [-0.05, 0) is 30.3 Å². The monoisotopic (exact) mass is 417 g/mol. The highest BCUT2D eigenvalue weighted by atomic mass is 19.3. The second kappa shape index (κ2) is 8.54. The van der Waals surface area contributed by atoms with Crippen molar-refractivity contribution in [3.8, 4) is 22.7 Å². The summed E-state index contributed by atoms with van der Waals surface area (Å²) in [6.07, 6.45) is 3.20. The Bertz CT molecular complexity index is 1040. The number of hydrogen-bond donors (Lipinski definition) is 1. The number of halogens is 3. The highest BCUT2D eigenvalue weighted by molar-refractivity contribution is 5.78. The van der Waals surface area contributed by atoms with E-state index >= 15 is 0 Å². The molecule has 0 unspecified atom stereocenters. The lowest BCUT2D eigenvalue weighted by Crippen LogP contribution is -2.47. The summed E-state index contributed by atoms with van der Waals surface area (Å²) >= 11 is 0. The van der Waals surface area contributed by atoms with E-state index in [0.29, 0.717) is 42.3 Å². The molecule has 7 nitrogen and oxygen atoms in total. The quantitative estimate of drug-likeness (QED) is 0.668. The van der Waals surface area contributed by atoms with Gasteiger partial charge in [-0.15, -0.1) is 0 Å². The minimum atomic E-state index is -3.07. The molecule has 1 aliphatic heterocycles. The number of hydrogen-bond acceptors (Lipinski definition) is 5. The van der Waals surface area contributed by atoms with Crippen LogP contribution < -0.4 is 10.1 Å². The van der Waals surface area contributed by atoms with E-state index in [-0.39, 0.29) is 18.2 Å². The SMILES string of the molecule is O=C1CN(Cc2cc(-c3cc(F)cc(OC(F)F)c3)n(-c3cccnc3)n2)CCN1. The van der Waals surface area contributed by atoms with Gasteiger partial charge in [-0.3, -0.25) is 14.7 Å². The molecule has 1 amide bonds. The maximum atomic E-state index is 14.1. The standard InChI is InChI=1S/C20H18F3N5O2/c21-14-6-13(7-17(8-14)30-20(22)23)18-9-15(11-27-5-4-25-19(29)12-27)26-28(18)16-2-1-3-24-10-16/h1-3,6-10,20H,4-5,11-12H2,(H,25,29). The molecule has 156 valence electrons. The van der Waals surface area contributed by atoms with E-state index in [1.807, 2.05) is 4.90 Å². The fraction of sp³-hybridized carbons (Fsp3) is 0.250. The Kier molecular flexibility index (Phi) is 5.66. The van der Waals surface area contributed by atoms with Crippen molar-refractivity contribution < 1.29 is 22.7 Å². The second-order valence-electron chi connectivity index (χ2n) is 6.76. The van der Waals surface area contributed by atoms with Gasteiger partial charge in [0.15, 0.2) is 0 Å². The molecule has 4 rings (SSSR count). The molecule has 0 atom stereocenters. The predicted octanol–water partition coefficient (Wildman–Crippen LogP) is 2.61. The highest BCUT2D eigenvalue weighted by Crippen LogP contribution is 2.29. The van der Waals surface area contributed by atoms with Crippen LogP contribution in [0, 0.1) is 5.82 Å². The smallest absolute Gasteiger partial charge is 0.387 e. The van der Waals surface area contributed by atoms with Crippen molar-refractivity contribution >= 4 is 5.91 Å². The van der Waals surface area contributed by atoms with E-state index in [4.69, 9.17) is 0 Å². The number of rotatable bonds is 6. The highest BCUT2D eigenvalue weighted by Gasteiger charge is 2.20. The van der Waals surface area contributed by atoms with Crippen LogP contribution in [-0.2, 0) is 11.3 Å². The van der Waals surface area contributed by atoms with E-state index in [0.717, 1.165) is 6.07 Å². The first-order valence-electron chi connectivity index (χ1n) is 9.22. The molecule has 0 radical (unpaired) electrons. The van der Waals surface area contributed by atoms with Crippen molar-refractivity contribution in [3.63, 3.8) is 0 Å². The number of carbonyl (C=O) groups excluding carboxylic acids is 1. The summed E-state index contributed by atoms with van der Waals surface area (Å²) < 4.78 is 45.3. The van der Waals surface area contributed by atoms with Crippen LogP contribution in [0.4, 0.5) is 13.2 Å². The number of benzene rings is 1. The third-order valence-electron chi connectivity index (χ3n) is 4.55. The van der Waals surface area contributed by atoms with E-state index in [9.17, 15) is 18.0 Å². The summed E-state index contributed by atoms with van der Waals surface area (Å²) in [6, 6.07) is 8.69. The first-order chi connectivity index (χ1) is 14.5. The minimum Gasteiger partial charge on any atom is -0.435 e. The van der Waals surface area contributed by atoms with Crippen molar-refractivity contribution in [3.05, 3.63) is 60.3 Å². The number of alkyl halides is 2. The molecule has 1 N–H and O–H groups in total. The van der Waals surface area contributed by atoms with Gasteiger partial charge in [0.1, 0.15) is 11.6 Å². The van der Waals surface area contributed by atoms with Crippen LogP contribution in [0.15, 0.2) is 48.8 Å². The summed E-state index contributed by atoms with van der Waals surface area (Å²) in [6.45, 7) is -1.19. The number of ether oxygens (including phenoxy) is 1. The van der Waals surface area contributed by atoms with Gasteiger partial charge >= 0.3 is 6.61 Å². The molecule has 0 bridgehead atoms. The largest absolute Gasteiger partial charge is 0.435 e. The molecule has 0 aliphatic carbocycles. The molecule has 10 heteroatoms. The Morgan fingerprint density at radius 1 is 1.23 bits per heavy atom. The van der Waals surface area contributed by atoms with Crippen molar-refractivity contribution in [2.45, 2.75) is 13.2 Å². The van der Waals surface area contributed by atoms with E-state index in [1.165, 1.54) is 12.1 Å². The third kappa shape index (κ3) is 4.60. The fourth-order valence-corrected chi connectivity index (χ4v) is 3.33. The zero-order chi connectivity index (χ0) is 21.1. The zero-order valence-corrected chi connectivity index (χ0v) is 15.8.